The van der Waals surface area contributed by atoms with Gasteiger partial charge in [0.25, 0.3) is 0 Å². The maximum atomic E-state index is 11.0. The molecule has 4 aliphatic rings. The quantitative estimate of drug-likeness (QED) is 0.799. The maximum absolute atomic E-state index is 11.0. The van der Waals surface area contributed by atoms with Crippen molar-refractivity contribution in [1.82, 2.24) is 0 Å². The van der Waals surface area contributed by atoms with Gasteiger partial charge in [-0.1, -0.05) is 49.6 Å². The van der Waals surface area contributed by atoms with Crippen molar-refractivity contribution >= 4 is 0 Å². The van der Waals surface area contributed by atoms with Gasteiger partial charge in [0.1, 0.15) is 11.2 Å². The summed E-state index contributed by atoms with van der Waals surface area (Å²) in [4.78, 5) is 0. The van der Waals surface area contributed by atoms with Crippen molar-refractivity contribution in [2.45, 2.75) is 68.2 Å². The molecule has 1 heterocycles. The fourth-order valence-electron chi connectivity index (χ4n) is 6.27. The molecule has 4 fully saturated rings. The van der Waals surface area contributed by atoms with Crippen molar-refractivity contribution in [3.05, 3.63) is 35.9 Å². The fourth-order valence-corrected chi connectivity index (χ4v) is 6.27. The molecule has 2 nitrogen and oxygen atoms in total. The minimum Gasteiger partial charge on any atom is -0.392 e. The topological polar surface area (TPSA) is 32.8 Å². The summed E-state index contributed by atoms with van der Waals surface area (Å²) in [5.74, 6) is 1.21. The second-order valence-electron chi connectivity index (χ2n) is 7.67. The number of aliphatic hydroxyl groups is 1. The summed E-state index contributed by atoms with van der Waals surface area (Å²) >= 11 is 0. The van der Waals surface area contributed by atoms with Gasteiger partial charge >= 0.3 is 0 Å². The van der Waals surface area contributed by atoms with Crippen LogP contribution in [0.1, 0.15) is 56.4 Å². The van der Waals surface area contributed by atoms with E-state index in [1.165, 1.54) is 50.5 Å². The highest BCUT2D eigenvalue weighted by Gasteiger charge is 2.81. The van der Waals surface area contributed by atoms with Gasteiger partial charge in [0.2, 0.25) is 0 Å². The Labute approximate surface area is 126 Å². The number of aliphatic hydroxyl groups excluding tert-OH is 1. The van der Waals surface area contributed by atoms with Gasteiger partial charge in [0.05, 0.1) is 6.10 Å². The molecular formula is C19H24O2. The third kappa shape index (κ3) is 1.41. The molecule has 0 radical (unpaired) electrons. The number of fused-ring (bicyclic) bond motifs is 2. The highest BCUT2D eigenvalue weighted by molar-refractivity contribution is 5.38. The molecule has 1 aromatic carbocycles. The Morgan fingerprint density at radius 2 is 1.71 bits per heavy atom. The van der Waals surface area contributed by atoms with Gasteiger partial charge in [-0.05, 0) is 37.2 Å². The Hall–Kier alpha value is -0.860. The molecule has 3 aliphatic carbocycles. The molecule has 2 bridgehead atoms. The van der Waals surface area contributed by atoms with Gasteiger partial charge in [-0.2, -0.15) is 0 Å². The lowest BCUT2D eigenvalue weighted by atomic mass is 9.51. The Morgan fingerprint density at radius 1 is 0.952 bits per heavy atom. The van der Waals surface area contributed by atoms with Crippen LogP contribution in [0.2, 0.25) is 0 Å². The van der Waals surface area contributed by atoms with Crippen molar-refractivity contribution in [1.29, 1.82) is 0 Å². The van der Waals surface area contributed by atoms with E-state index >= 15 is 0 Å². The van der Waals surface area contributed by atoms with E-state index in [1.54, 1.807) is 0 Å². The predicted molar refractivity (Wildman–Crippen MR) is 81.0 cm³/mol. The van der Waals surface area contributed by atoms with Crippen LogP contribution in [-0.2, 0) is 4.74 Å². The summed E-state index contributed by atoms with van der Waals surface area (Å²) in [6.07, 6.45) is 8.38. The normalized spacial score (nSPS) is 50.9. The van der Waals surface area contributed by atoms with E-state index in [1.807, 2.05) is 0 Å². The van der Waals surface area contributed by atoms with Gasteiger partial charge in [0.15, 0.2) is 0 Å². The summed E-state index contributed by atoms with van der Waals surface area (Å²) in [6.45, 7) is 0. The third-order valence-electron chi connectivity index (χ3n) is 6.98. The zero-order valence-corrected chi connectivity index (χ0v) is 12.5. The minimum atomic E-state index is -0.155. The molecule has 1 aromatic rings. The van der Waals surface area contributed by atoms with Gasteiger partial charge in [0, 0.05) is 11.8 Å². The summed E-state index contributed by atoms with van der Waals surface area (Å²) in [6, 6.07) is 10.9. The summed E-state index contributed by atoms with van der Waals surface area (Å²) in [5.41, 5.74) is 1.47. The van der Waals surface area contributed by atoms with Crippen molar-refractivity contribution in [3.63, 3.8) is 0 Å². The van der Waals surface area contributed by atoms with E-state index in [-0.39, 0.29) is 17.3 Å². The van der Waals surface area contributed by atoms with Crippen LogP contribution in [0.4, 0.5) is 0 Å². The first-order chi connectivity index (χ1) is 10.3. The monoisotopic (exact) mass is 284 g/mol. The van der Waals surface area contributed by atoms with E-state index in [0.717, 1.165) is 0 Å². The summed E-state index contributed by atoms with van der Waals surface area (Å²) in [5, 5.41) is 11.0. The first-order valence-corrected chi connectivity index (χ1v) is 8.72. The molecule has 2 heteroatoms. The lowest BCUT2D eigenvalue weighted by molar-refractivity contribution is -0.0557. The number of hydrogen-bond donors (Lipinski definition) is 1. The van der Waals surface area contributed by atoms with Gasteiger partial charge in [-0.3, -0.25) is 0 Å². The van der Waals surface area contributed by atoms with Crippen molar-refractivity contribution in [3.8, 4) is 0 Å². The van der Waals surface area contributed by atoms with E-state index in [4.69, 9.17) is 4.74 Å². The number of hydrogen-bond acceptors (Lipinski definition) is 2. The van der Waals surface area contributed by atoms with Crippen LogP contribution in [0.3, 0.4) is 0 Å². The van der Waals surface area contributed by atoms with Crippen molar-refractivity contribution in [2.75, 3.05) is 0 Å². The number of epoxide rings is 1. The molecule has 0 spiro atoms. The van der Waals surface area contributed by atoms with Gasteiger partial charge < -0.3 is 9.84 Å². The molecule has 1 saturated heterocycles. The zero-order valence-electron chi connectivity index (χ0n) is 12.5. The lowest BCUT2D eigenvalue weighted by Gasteiger charge is -2.51. The Bertz CT molecular complexity index is 556. The molecule has 5 rings (SSSR count). The first-order valence-electron chi connectivity index (χ1n) is 8.72. The zero-order chi connectivity index (χ0) is 14.1. The Balaban J connectivity index is 1.66. The van der Waals surface area contributed by atoms with Crippen LogP contribution in [-0.4, -0.2) is 22.4 Å². The average Bonchev–Trinajstić information content (AvgIpc) is 3.20. The summed E-state index contributed by atoms with van der Waals surface area (Å²) in [7, 11) is 0. The smallest absolute Gasteiger partial charge is 0.106 e. The molecule has 3 saturated carbocycles. The molecule has 112 valence electrons. The third-order valence-corrected chi connectivity index (χ3v) is 6.98. The number of benzene rings is 1. The highest BCUT2D eigenvalue weighted by atomic mass is 16.6. The average molecular weight is 284 g/mol. The van der Waals surface area contributed by atoms with Gasteiger partial charge in [-0.25, -0.2) is 0 Å². The highest BCUT2D eigenvalue weighted by Crippen LogP contribution is 2.74. The van der Waals surface area contributed by atoms with Gasteiger partial charge in [-0.15, -0.1) is 0 Å². The predicted octanol–water partition coefficient (Wildman–Crippen LogP) is 3.64. The molecule has 1 aliphatic heterocycles. The second-order valence-corrected chi connectivity index (χ2v) is 7.67. The molecule has 0 amide bonds. The number of rotatable bonds is 1. The Kier molecular flexibility index (Phi) is 2.48. The standard InChI is InChI=1S/C19H24O2/c20-17-14-9-6-10-15(17)18-11-4-5-12-19(18,21-18)16(14)13-7-2-1-3-8-13/h1-3,7-8,14-17,20H,4-6,9-12H2/t14-,15+,16+,17+,18+,19+/m0/s1. The van der Waals surface area contributed by atoms with Crippen LogP contribution in [0.15, 0.2) is 30.3 Å². The fraction of sp³-hybridized carbons (Fsp3) is 0.684. The first kappa shape index (κ1) is 12.7. The van der Waals surface area contributed by atoms with Crippen LogP contribution < -0.4 is 0 Å². The Morgan fingerprint density at radius 3 is 2.52 bits per heavy atom. The number of ether oxygens (including phenoxy) is 1. The van der Waals surface area contributed by atoms with E-state index in [2.05, 4.69) is 30.3 Å². The summed E-state index contributed by atoms with van der Waals surface area (Å²) < 4.78 is 6.61. The SMILES string of the molecule is O[C@@H]1[C@H]2CCC[C@H]1[C@]13CCCC[C@@]1(O3)[C@@H]2c1ccccc1. The minimum absolute atomic E-state index is 0.0160. The molecule has 0 unspecified atom stereocenters. The van der Waals surface area contributed by atoms with Crippen molar-refractivity contribution < 1.29 is 9.84 Å². The lowest BCUT2D eigenvalue weighted by Crippen LogP contribution is -2.57. The van der Waals surface area contributed by atoms with E-state index in [0.29, 0.717) is 17.8 Å². The molecule has 21 heavy (non-hydrogen) atoms. The van der Waals surface area contributed by atoms with E-state index < -0.39 is 0 Å². The molecule has 0 aromatic heterocycles. The largest absolute Gasteiger partial charge is 0.392 e. The van der Waals surface area contributed by atoms with Crippen LogP contribution in [0.5, 0.6) is 0 Å². The second kappa shape index (κ2) is 4.11. The van der Waals surface area contributed by atoms with Crippen LogP contribution >= 0.6 is 0 Å². The molecular weight excluding hydrogens is 260 g/mol. The van der Waals surface area contributed by atoms with Crippen LogP contribution in [0.25, 0.3) is 0 Å². The van der Waals surface area contributed by atoms with Crippen molar-refractivity contribution in [2.24, 2.45) is 11.8 Å². The maximum Gasteiger partial charge on any atom is 0.106 e. The van der Waals surface area contributed by atoms with Crippen LogP contribution in [0, 0.1) is 11.8 Å². The molecule has 6 atom stereocenters. The van der Waals surface area contributed by atoms with E-state index in [9.17, 15) is 5.11 Å². The molecule has 1 N–H and O–H groups in total.